The van der Waals surface area contributed by atoms with Gasteiger partial charge in [-0.2, -0.15) is 0 Å². The number of amides is 1. The van der Waals surface area contributed by atoms with Crippen molar-refractivity contribution in [2.75, 3.05) is 18.5 Å². The van der Waals surface area contributed by atoms with E-state index in [0.29, 0.717) is 5.56 Å². The number of hydrogen-bond donors (Lipinski definition) is 4. The molecule has 0 saturated heterocycles. The lowest BCUT2D eigenvalue weighted by Gasteiger charge is -2.17. The van der Waals surface area contributed by atoms with E-state index in [4.69, 9.17) is 5.11 Å². The monoisotopic (exact) mass is 314 g/mol. The topological polar surface area (TPSA) is 81.6 Å². The zero-order valence-corrected chi connectivity index (χ0v) is 13.1. The molecular weight excluding hydrogens is 292 g/mol. The Balaban J connectivity index is 2.08. The molecule has 0 saturated carbocycles. The Morgan fingerprint density at radius 2 is 1.91 bits per heavy atom. The average Bonchev–Trinajstić information content (AvgIpc) is 2.59. The summed E-state index contributed by atoms with van der Waals surface area (Å²) in [6.07, 6.45) is 0. The third-order valence-electron chi connectivity index (χ3n) is 3.54. The molecule has 2 aromatic rings. The first-order chi connectivity index (χ1) is 11.1. The van der Waals surface area contributed by atoms with Gasteiger partial charge in [0.15, 0.2) is 0 Å². The summed E-state index contributed by atoms with van der Waals surface area (Å²) in [4.78, 5) is 11.9. The van der Waals surface area contributed by atoms with E-state index in [-0.39, 0.29) is 31.7 Å². The van der Waals surface area contributed by atoms with Crippen LogP contribution in [0.5, 0.6) is 0 Å². The van der Waals surface area contributed by atoms with Gasteiger partial charge in [0.05, 0.1) is 13.2 Å². The highest BCUT2D eigenvalue weighted by atomic mass is 16.3. The summed E-state index contributed by atoms with van der Waals surface area (Å²) in [5.41, 5.74) is 3.31. The maximum Gasteiger partial charge on any atom is 0.251 e. The second kappa shape index (κ2) is 8.31. The van der Waals surface area contributed by atoms with Crippen LogP contribution in [0.3, 0.4) is 0 Å². The first kappa shape index (κ1) is 17.0. The molecule has 1 atom stereocenters. The molecule has 1 unspecified atom stereocenters. The van der Waals surface area contributed by atoms with Crippen molar-refractivity contribution in [2.24, 2.45) is 0 Å². The normalized spacial score (nSPS) is 11.8. The van der Waals surface area contributed by atoms with E-state index in [1.165, 1.54) is 0 Å². The summed E-state index contributed by atoms with van der Waals surface area (Å²) in [7, 11) is 0. The highest BCUT2D eigenvalue weighted by molar-refractivity contribution is 5.95. The molecule has 0 heterocycles. The molecule has 122 valence electrons. The van der Waals surface area contributed by atoms with Crippen molar-refractivity contribution in [3.05, 3.63) is 65.2 Å². The molecule has 5 heteroatoms. The molecule has 0 spiro atoms. The van der Waals surface area contributed by atoms with E-state index in [2.05, 4.69) is 10.6 Å². The molecule has 2 rings (SSSR count). The molecule has 0 aliphatic carbocycles. The molecule has 0 radical (unpaired) electrons. The van der Waals surface area contributed by atoms with Crippen molar-refractivity contribution in [2.45, 2.75) is 19.6 Å². The summed E-state index contributed by atoms with van der Waals surface area (Å²) in [6.45, 7) is 2.19. The average molecular weight is 314 g/mol. The van der Waals surface area contributed by atoms with Crippen molar-refractivity contribution < 1.29 is 15.0 Å². The fourth-order valence-corrected chi connectivity index (χ4v) is 2.32. The van der Waals surface area contributed by atoms with Gasteiger partial charge >= 0.3 is 0 Å². The van der Waals surface area contributed by atoms with Crippen molar-refractivity contribution in [1.29, 1.82) is 0 Å². The van der Waals surface area contributed by atoms with E-state index in [1.807, 2.05) is 43.3 Å². The highest BCUT2D eigenvalue weighted by Gasteiger charge is 2.09. The zero-order chi connectivity index (χ0) is 16.7. The van der Waals surface area contributed by atoms with Crippen LogP contribution in [0.4, 0.5) is 5.69 Å². The van der Waals surface area contributed by atoms with Crippen molar-refractivity contribution in [3.63, 3.8) is 0 Å². The van der Waals surface area contributed by atoms with Gasteiger partial charge in [-0.05, 0) is 36.2 Å². The van der Waals surface area contributed by atoms with Crippen LogP contribution in [0, 0.1) is 0 Å². The number of nitrogens with one attached hydrogen (secondary N) is 2. The lowest BCUT2D eigenvalue weighted by atomic mass is 10.0. The van der Waals surface area contributed by atoms with Gasteiger partial charge in [-0.1, -0.05) is 30.3 Å². The molecule has 2 aromatic carbocycles. The Morgan fingerprint density at radius 3 is 2.65 bits per heavy atom. The molecular formula is C18H22N2O3. The van der Waals surface area contributed by atoms with Crippen LogP contribution in [-0.2, 0) is 6.61 Å². The van der Waals surface area contributed by atoms with E-state index in [1.54, 1.807) is 12.1 Å². The van der Waals surface area contributed by atoms with Gasteiger partial charge in [0.2, 0.25) is 0 Å². The standard InChI is InChI=1S/C18H22N2O3/c1-13(15-5-2-4-14(10-15)12-22)20-17-7-3-6-16(11-17)18(23)19-8-9-21/h2-7,10-11,13,20-22H,8-9,12H2,1H3,(H,19,23). The Labute approximate surface area is 136 Å². The fraction of sp³-hybridized carbons (Fsp3) is 0.278. The Morgan fingerprint density at radius 1 is 1.13 bits per heavy atom. The first-order valence-corrected chi connectivity index (χ1v) is 7.59. The molecule has 1 amide bonds. The summed E-state index contributed by atoms with van der Waals surface area (Å²) in [5.74, 6) is -0.211. The van der Waals surface area contributed by atoms with Crippen LogP contribution in [0.1, 0.15) is 34.5 Å². The molecule has 0 bridgehead atoms. The van der Waals surface area contributed by atoms with Crippen molar-refractivity contribution >= 4 is 11.6 Å². The van der Waals surface area contributed by atoms with Crippen molar-refractivity contribution in [3.8, 4) is 0 Å². The van der Waals surface area contributed by atoms with Crippen LogP contribution in [-0.4, -0.2) is 29.3 Å². The number of rotatable bonds is 7. The van der Waals surface area contributed by atoms with E-state index in [0.717, 1.165) is 16.8 Å². The predicted molar refractivity (Wildman–Crippen MR) is 90.3 cm³/mol. The molecule has 23 heavy (non-hydrogen) atoms. The van der Waals surface area contributed by atoms with E-state index < -0.39 is 0 Å². The minimum atomic E-state index is -0.211. The van der Waals surface area contributed by atoms with Crippen molar-refractivity contribution in [1.82, 2.24) is 5.32 Å². The van der Waals surface area contributed by atoms with Crippen LogP contribution in [0.25, 0.3) is 0 Å². The van der Waals surface area contributed by atoms with Crippen LogP contribution < -0.4 is 10.6 Å². The molecule has 5 nitrogen and oxygen atoms in total. The summed E-state index contributed by atoms with van der Waals surface area (Å²) in [5, 5.41) is 24.0. The number of aliphatic hydroxyl groups excluding tert-OH is 2. The summed E-state index contributed by atoms with van der Waals surface area (Å²) < 4.78 is 0. The quantitative estimate of drug-likeness (QED) is 0.631. The largest absolute Gasteiger partial charge is 0.395 e. The van der Waals surface area contributed by atoms with Gasteiger partial charge in [-0.15, -0.1) is 0 Å². The number of carbonyl (C=O) groups is 1. The number of carbonyl (C=O) groups excluding carboxylic acids is 1. The molecule has 0 aliphatic heterocycles. The first-order valence-electron chi connectivity index (χ1n) is 7.59. The lowest BCUT2D eigenvalue weighted by molar-refractivity contribution is 0.0945. The minimum Gasteiger partial charge on any atom is -0.395 e. The summed E-state index contributed by atoms with van der Waals surface area (Å²) >= 11 is 0. The molecule has 0 aliphatic rings. The maximum atomic E-state index is 11.9. The molecule has 0 fully saturated rings. The van der Waals surface area contributed by atoms with E-state index in [9.17, 15) is 9.90 Å². The SMILES string of the molecule is CC(Nc1cccc(C(=O)NCCO)c1)c1cccc(CO)c1. The molecule has 4 N–H and O–H groups in total. The highest BCUT2D eigenvalue weighted by Crippen LogP contribution is 2.21. The maximum absolute atomic E-state index is 11.9. The molecule has 0 aromatic heterocycles. The van der Waals surface area contributed by atoms with Gasteiger partial charge in [0, 0.05) is 23.8 Å². The minimum absolute atomic E-state index is 0.0150. The second-order valence-corrected chi connectivity index (χ2v) is 5.33. The number of hydrogen-bond acceptors (Lipinski definition) is 4. The van der Waals surface area contributed by atoms with Crippen LogP contribution >= 0.6 is 0 Å². The van der Waals surface area contributed by atoms with Gasteiger partial charge < -0.3 is 20.8 Å². The van der Waals surface area contributed by atoms with Gasteiger partial charge in [-0.25, -0.2) is 0 Å². The third-order valence-corrected chi connectivity index (χ3v) is 3.54. The Kier molecular flexibility index (Phi) is 6.14. The smallest absolute Gasteiger partial charge is 0.251 e. The van der Waals surface area contributed by atoms with Gasteiger partial charge in [0.1, 0.15) is 0 Å². The van der Waals surface area contributed by atoms with Crippen LogP contribution in [0.15, 0.2) is 48.5 Å². The Bertz CT molecular complexity index is 658. The summed E-state index contributed by atoms with van der Waals surface area (Å²) in [6, 6.07) is 15.0. The van der Waals surface area contributed by atoms with Gasteiger partial charge in [-0.3, -0.25) is 4.79 Å². The van der Waals surface area contributed by atoms with Crippen LogP contribution in [0.2, 0.25) is 0 Å². The third kappa shape index (κ3) is 4.81. The fourth-order valence-electron chi connectivity index (χ4n) is 2.32. The number of anilines is 1. The number of benzene rings is 2. The lowest BCUT2D eigenvalue weighted by Crippen LogP contribution is -2.26. The zero-order valence-electron chi connectivity index (χ0n) is 13.1. The number of aliphatic hydroxyl groups is 2. The Hall–Kier alpha value is -2.37. The predicted octanol–water partition coefficient (Wildman–Crippen LogP) is 2.07. The van der Waals surface area contributed by atoms with Gasteiger partial charge in [0.25, 0.3) is 5.91 Å². The second-order valence-electron chi connectivity index (χ2n) is 5.33. The van der Waals surface area contributed by atoms with E-state index >= 15 is 0 Å².